The van der Waals surface area contributed by atoms with E-state index in [2.05, 4.69) is 0 Å². The number of aliphatic carboxylic acids is 1. The van der Waals surface area contributed by atoms with E-state index in [1.807, 2.05) is 13.8 Å². The third-order valence-corrected chi connectivity index (χ3v) is 6.96. The SMILES string of the molecule is CC(C)[S@](=O)c1ccc(C(=O)N2[C@H](C(=O)O)C[C@H]3CCCC[C@@H]32)cc1. The van der Waals surface area contributed by atoms with Crippen LogP contribution in [0.5, 0.6) is 0 Å². The summed E-state index contributed by atoms with van der Waals surface area (Å²) in [6.45, 7) is 3.78. The van der Waals surface area contributed by atoms with E-state index in [9.17, 15) is 18.9 Å². The number of carbonyl (C=O) groups excluding carboxylic acids is 1. The van der Waals surface area contributed by atoms with Crippen LogP contribution in [0.4, 0.5) is 0 Å². The first-order valence-corrected chi connectivity index (χ1v) is 10.2. The van der Waals surface area contributed by atoms with E-state index >= 15 is 0 Å². The molecule has 1 aromatic carbocycles. The molecule has 0 unspecified atom stereocenters. The Morgan fingerprint density at radius 3 is 2.40 bits per heavy atom. The van der Waals surface area contributed by atoms with Crippen LogP contribution in [-0.2, 0) is 15.6 Å². The molecule has 2 aliphatic rings. The summed E-state index contributed by atoms with van der Waals surface area (Å²) in [7, 11) is -1.10. The highest BCUT2D eigenvalue weighted by molar-refractivity contribution is 7.85. The highest BCUT2D eigenvalue weighted by Gasteiger charge is 2.47. The highest BCUT2D eigenvalue weighted by Crippen LogP contribution is 2.40. The second kappa shape index (κ2) is 7.28. The van der Waals surface area contributed by atoms with Gasteiger partial charge in [0.2, 0.25) is 0 Å². The minimum absolute atomic E-state index is 0.0134. The van der Waals surface area contributed by atoms with Gasteiger partial charge in [0, 0.05) is 21.8 Å². The number of benzene rings is 1. The maximum atomic E-state index is 13.0. The minimum Gasteiger partial charge on any atom is -0.480 e. The zero-order valence-corrected chi connectivity index (χ0v) is 15.5. The average Bonchev–Trinajstić information content (AvgIpc) is 3.00. The van der Waals surface area contributed by atoms with Crippen molar-refractivity contribution in [3.05, 3.63) is 29.8 Å². The summed E-state index contributed by atoms with van der Waals surface area (Å²) in [5.74, 6) is -0.838. The maximum Gasteiger partial charge on any atom is 0.326 e. The van der Waals surface area contributed by atoms with Crippen LogP contribution in [0.15, 0.2) is 29.2 Å². The molecule has 1 saturated carbocycles. The Labute approximate surface area is 150 Å². The van der Waals surface area contributed by atoms with E-state index in [-0.39, 0.29) is 17.2 Å². The number of nitrogens with zero attached hydrogens (tertiary/aromatic N) is 1. The second-order valence-corrected chi connectivity index (χ2v) is 9.29. The number of rotatable bonds is 4. The highest BCUT2D eigenvalue weighted by atomic mass is 32.2. The Balaban J connectivity index is 1.85. The average molecular weight is 363 g/mol. The van der Waals surface area contributed by atoms with Gasteiger partial charge in [0.1, 0.15) is 6.04 Å². The van der Waals surface area contributed by atoms with E-state index in [1.165, 1.54) is 0 Å². The van der Waals surface area contributed by atoms with Crippen molar-refractivity contribution in [3.8, 4) is 0 Å². The molecule has 1 heterocycles. The molecule has 1 amide bonds. The molecule has 0 aromatic heterocycles. The summed E-state index contributed by atoms with van der Waals surface area (Å²) in [6.07, 6.45) is 4.61. The third-order valence-electron chi connectivity index (χ3n) is 5.37. The molecule has 6 heteroatoms. The number of amides is 1. The van der Waals surface area contributed by atoms with Crippen LogP contribution in [0.25, 0.3) is 0 Å². The number of carboxylic acids is 1. The van der Waals surface area contributed by atoms with Gasteiger partial charge in [0.15, 0.2) is 0 Å². The van der Waals surface area contributed by atoms with Gasteiger partial charge in [-0.05, 0) is 49.4 Å². The van der Waals surface area contributed by atoms with Crippen LogP contribution in [0.1, 0.15) is 56.3 Å². The molecule has 0 bridgehead atoms. The molecule has 2 fully saturated rings. The van der Waals surface area contributed by atoms with E-state index in [1.54, 1.807) is 29.2 Å². The molecule has 1 aromatic rings. The summed E-state index contributed by atoms with van der Waals surface area (Å²) in [5, 5.41) is 9.58. The first-order valence-electron chi connectivity index (χ1n) is 8.96. The Kier molecular flexibility index (Phi) is 5.27. The van der Waals surface area contributed by atoms with Gasteiger partial charge in [-0.15, -0.1) is 0 Å². The lowest BCUT2D eigenvalue weighted by Gasteiger charge is -2.33. The largest absolute Gasteiger partial charge is 0.480 e. The first kappa shape index (κ1) is 18.1. The monoisotopic (exact) mass is 363 g/mol. The standard InChI is InChI=1S/C19H25NO4S/c1-12(2)25(24)15-9-7-13(8-10-15)18(21)20-16-6-4-3-5-14(16)11-17(20)19(22)23/h7-10,12,14,16-17H,3-6,11H2,1-2H3,(H,22,23)/t14-,16+,17+,25+/m1/s1. The number of likely N-dealkylation sites (tertiary alicyclic amines) is 1. The van der Waals surface area contributed by atoms with Crippen molar-refractivity contribution in [3.63, 3.8) is 0 Å². The third kappa shape index (κ3) is 3.50. The Morgan fingerprint density at radius 2 is 1.80 bits per heavy atom. The van der Waals surface area contributed by atoms with Crippen molar-refractivity contribution in [1.29, 1.82) is 0 Å². The van der Waals surface area contributed by atoms with Gasteiger partial charge in [-0.1, -0.05) is 26.7 Å². The molecule has 5 nitrogen and oxygen atoms in total. The quantitative estimate of drug-likeness (QED) is 0.892. The Bertz CT molecular complexity index is 685. The molecular weight excluding hydrogens is 338 g/mol. The minimum atomic E-state index is -1.10. The summed E-state index contributed by atoms with van der Waals surface area (Å²) >= 11 is 0. The normalized spacial score (nSPS) is 27.2. The van der Waals surface area contributed by atoms with Crippen LogP contribution >= 0.6 is 0 Å². The maximum absolute atomic E-state index is 13.0. The smallest absolute Gasteiger partial charge is 0.326 e. The fourth-order valence-electron chi connectivity index (χ4n) is 4.13. The van der Waals surface area contributed by atoms with Crippen LogP contribution in [0, 0.1) is 5.92 Å². The molecule has 0 radical (unpaired) electrons. The van der Waals surface area contributed by atoms with E-state index in [4.69, 9.17) is 0 Å². The van der Waals surface area contributed by atoms with Gasteiger partial charge in [-0.3, -0.25) is 9.00 Å². The molecule has 4 atom stereocenters. The second-order valence-electron chi connectivity index (χ2n) is 7.28. The lowest BCUT2D eigenvalue weighted by Crippen LogP contribution is -2.46. The van der Waals surface area contributed by atoms with Crippen LogP contribution < -0.4 is 0 Å². The fourth-order valence-corrected chi connectivity index (χ4v) is 5.07. The van der Waals surface area contributed by atoms with Crippen molar-refractivity contribution in [2.24, 2.45) is 5.92 Å². The van der Waals surface area contributed by atoms with Crippen molar-refractivity contribution in [1.82, 2.24) is 4.90 Å². The van der Waals surface area contributed by atoms with E-state index < -0.39 is 22.8 Å². The van der Waals surface area contributed by atoms with Gasteiger partial charge >= 0.3 is 5.97 Å². The first-order chi connectivity index (χ1) is 11.9. The Hall–Kier alpha value is -1.69. The molecule has 136 valence electrons. The van der Waals surface area contributed by atoms with Gasteiger partial charge in [-0.2, -0.15) is 0 Å². The molecule has 0 spiro atoms. The number of carboxylic acid groups (broad SMARTS) is 1. The van der Waals surface area contributed by atoms with Crippen LogP contribution in [0.3, 0.4) is 0 Å². The number of fused-ring (bicyclic) bond motifs is 1. The predicted molar refractivity (Wildman–Crippen MR) is 95.9 cm³/mol. The summed E-state index contributed by atoms with van der Waals surface area (Å²) in [6, 6.07) is 6.08. The zero-order chi connectivity index (χ0) is 18.1. The van der Waals surface area contributed by atoms with Gasteiger partial charge in [-0.25, -0.2) is 4.79 Å². The lowest BCUT2D eigenvalue weighted by molar-refractivity contribution is -0.141. The molecule has 1 aliphatic carbocycles. The number of hydrogen-bond acceptors (Lipinski definition) is 3. The van der Waals surface area contributed by atoms with E-state index in [0.717, 1.165) is 25.7 Å². The molecule has 25 heavy (non-hydrogen) atoms. The van der Waals surface area contributed by atoms with Crippen molar-refractivity contribution < 1.29 is 18.9 Å². The van der Waals surface area contributed by atoms with Gasteiger partial charge < -0.3 is 10.0 Å². The number of hydrogen-bond donors (Lipinski definition) is 1. The van der Waals surface area contributed by atoms with Crippen molar-refractivity contribution >= 4 is 22.7 Å². The van der Waals surface area contributed by atoms with Crippen molar-refractivity contribution in [2.75, 3.05) is 0 Å². The summed E-state index contributed by atoms with van der Waals surface area (Å²) in [4.78, 5) is 27.0. The molecule has 1 aliphatic heterocycles. The van der Waals surface area contributed by atoms with Crippen molar-refractivity contribution in [2.45, 2.75) is 68.2 Å². The zero-order valence-electron chi connectivity index (χ0n) is 14.7. The van der Waals surface area contributed by atoms with Crippen LogP contribution in [-0.4, -0.2) is 43.4 Å². The summed E-state index contributed by atoms with van der Waals surface area (Å²) in [5.41, 5.74) is 0.474. The van der Waals surface area contributed by atoms with Gasteiger partial charge in [0.25, 0.3) is 5.91 Å². The molecule has 3 rings (SSSR count). The van der Waals surface area contributed by atoms with Gasteiger partial charge in [0.05, 0.1) is 10.8 Å². The molecule has 1 N–H and O–H groups in total. The fraction of sp³-hybridized carbons (Fsp3) is 0.579. The van der Waals surface area contributed by atoms with E-state index in [0.29, 0.717) is 22.8 Å². The topological polar surface area (TPSA) is 74.7 Å². The number of carbonyl (C=O) groups is 2. The summed E-state index contributed by atoms with van der Waals surface area (Å²) < 4.78 is 12.1. The lowest BCUT2D eigenvalue weighted by atomic mass is 9.84. The molecular formula is C19H25NO4S. The predicted octanol–water partition coefficient (Wildman–Crippen LogP) is 3.06. The Morgan fingerprint density at radius 1 is 1.16 bits per heavy atom. The van der Waals surface area contributed by atoms with Crippen LogP contribution in [0.2, 0.25) is 0 Å². The molecule has 1 saturated heterocycles.